The zero-order valence-electron chi connectivity index (χ0n) is 18.4. The molecular formula is C21H30N6O4S. The fourth-order valence-corrected chi connectivity index (χ4v) is 4.38. The molecule has 32 heavy (non-hydrogen) atoms. The second kappa shape index (κ2) is 12.1. The molecule has 1 amide bonds. The Balaban J connectivity index is 2.13. The van der Waals surface area contributed by atoms with Crippen LogP contribution in [0.15, 0.2) is 17.6 Å². The first-order chi connectivity index (χ1) is 15.3. The molecule has 1 aliphatic heterocycles. The molecule has 2 heterocycles. The van der Waals surface area contributed by atoms with Crippen LogP contribution in [-0.4, -0.2) is 58.7 Å². The van der Waals surface area contributed by atoms with E-state index in [9.17, 15) is 14.4 Å². The van der Waals surface area contributed by atoms with Gasteiger partial charge in [-0.25, -0.2) is 9.78 Å². The van der Waals surface area contributed by atoms with Gasteiger partial charge in [-0.3, -0.25) is 14.6 Å². The fraction of sp³-hybridized carbons (Fsp3) is 0.476. The molecule has 1 aromatic rings. The van der Waals surface area contributed by atoms with Crippen LogP contribution in [0, 0.1) is 0 Å². The summed E-state index contributed by atoms with van der Waals surface area (Å²) in [5.74, 6) is -1.14. The van der Waals surface area contributed by atoms with Crippen molar-refractivity contribution in [1.29, 1.82) is 0 Å². The van der Waals surface area contributed by atoms with Crippen molar-refractivity contribution in [3.8, 4) is 0 Å². The molecule has 10 nitrogen and oxygen atoms in total. The van der Waals surface area contributed by atoms with Crippen molar-refractivity contribution >= 4 is 47.1 Å². The highest BCUT2D eigenvalue weighted by molar-refractivity contribution is 7.14. The number of hydroxylamine groups is 1. The van der Waals surface area contributed by atoms with E-state index >= 15 is 0 Å². The Labute approximate surface area is 191 Å². The van der Waals surface area contributed by atoms with E-state index < -0.39 is 18.1 Å². The van der Waals surface area contributed by atoms with E-state index in [0.29, 0.717) is 38.0 Å². The number of nitrogens with two attached hydrogens (primary N) is 2. The maximum absolute atomic E-state index is 13.2. The molecule has 0 bridgehead atoms. The van der Waals surface area contributed by atoms with Gasteiger partial charge in [-0.1, -0.05) is 12.7 Å². The molecule has 11 heteroatoms. The van der Waals surface area contributed by atoms with Gasteiger partial charge in [-0.2, -0.15) is 0 Å². The second-order valence-corrected chi connectivity index (χ2v) is 8.28. The number of nitrogens with zero attached hydrogens (tertiary/aromatic N) is 3. The maximum atomic E-state index is 13.2. The number of hydrogen-bond donors (Lipinski definition) is 3. The summed E-state index contributed by atoms with van der Waals surface area (Å²) >= 11 is 1.23. The van der Waals surface area contributed by atoms with Gasteiger partial charge in [-0.05, 0) is 44.8 Å². The van der Waals surface area contributed by atoms with Crippen LogP contribution in [0.5, 0.6) is 0 Å². The number of thiazole rings is 1. The summed E-state index contributed by atoms with van der Waals surface area (Å²) in [6.07, 6.45) is 7.31. The van der Waals surface area contributed by atoms with Gasteiger partial charge in [0.2, 0.25) is 11.7 Å². The molecule has 0 spiro atoms. The van der Waals surface area contributed by atoms with Gasteiger partial charge >= 0.3 is 5.97 Å². The Morgan fingerprint density at radius 1 is 1.44 bits per heavy atom. The first kappa shape index (κ1) is 25.2. The van der Waals surface area contributed by atoms with Gasteiger partial charge in [-0.15, -0.1) is 16.8 Å². The Hall–Kier alpha value is -3.05. The van der Waals surface area contributed by atoms with Crippen LogP contribution in [0.3, 0.4) is 0 Å². The van der Waals surface area contributed by atoms with E-state index in [1.807, 2.05) is 19.1 Å². The number of hydrogen-bond acceptors (Lipinski definition) is 8. The Kier molecular flexibility index (Phi) is 9.54. The number of likely N-dealkylation sites (tertiary alicyclic amines) is 1. The van der Waals surface area contributed by atoms with E-state index in [2.05, 4.69) is 22.0 Å². The molecule has 0 aromatic carbocycles. The smallest absolute Gasteiger partial charge is 0.347 e. The molecule has 2 atom stereocenters. The minimum atomic E-state index is -0.845. The van der Waals surface area contributed by atoms with Crippen LogP contribution in [-0.2, 0) is 14.4 Å². The van der Waals surface area contributed by atoms with E-state index in [4.69, 9.17) is 16.3 Å². The van der Waals surface area contributed by atoms with E-state index in [0.717, 1.165) is 11.3 Å². The molecule has 174 valence electrons. The van der Waals surface area contributed by atoms with Gasteiger partial charge < -0.3 is 21.2 Å². The molecule has 5 N–H and O–H groups in total. The van der Waals surface area contributed by atoms with Crippen LogP contribution in [0.4, 0.5) is 0 Å². The van der Waals surface area contributed by atoms with Crippen molar-refractivity contribution in [3.63, 3.8) is 0 Å². The second-order valence-electron chi connectivity index (χ2n) is 7.25. The average molecular weight is 463 g/mol. The third-order valence-electron chi connectivity index (χ3n) is 4.90. The van der Waals surface area contributed by atoms with Gasteiger partial charge in [0.05, 0.1) is 10.6 Å². The van der Waals surface area contributed by atoms with Crippen molar-refractivity contribution in [1.82, 2.24) is 15.4 Å². The summed E-state index contributed by atoms with van der Waals surface area (Å²) in [5.41, 5.74) is 13.9. The van der Waals surface area contributed by atoms with Crippen LogP contribution >= 0.6 is 11.3 Å². The van der Waals surface area contributed by atoms with Crippen molar-refractivity contribution in [2.75, 3.05) is 13.1 Å². The van der Waals surface area contributed by atoms with Crippen LogP contribution in [0.25, 0.3) is 12.2 Å². The zero-order valence-corrected chi connectivity index (χ0v) is 19.2. The lowest BCUT2D eigenvalue weighted by Crippen LogP contribution is -2.45. The molecule has 0 saturated carbocycles. The summed E-state index contributed by atoms with van der Waals surface area (Å²) in [6.45, 7) is 7.85. The summed E-state index contributed by atoms with van der Waals surface area (Å²) in [6, 6.07) is -1.51. The topological polar surface area (TPSA) is 153 Å². The quantitative estimate of drug-likeness (QED) is 0.147. The summed E-state index contributed by atoms with van der Waals surface area (Å²) < 4.78 is 0. The van der Waals surface area contributed by atoms with Gasteiger partial charge in [0.25, 0.3) is 0 Å². The highest BCUT2D eigenvalue weighted by atomic mass is 32.1. The normalized spacial score (nSPS) is 16.7. The molecule has 1 aliphatic rings. The molecule has 0 aliphatic carbocycles. The van der Waals surface area contributed by atoms with Crippen molar-refractivity contribution < 1.29 is 19.2 Å². The summed E-state index contributed by atoms with van der Waals surface area (Å²) in [5, 5.41) is 0.273. The van der Waals surface area contributed by atoms with Gasteiger partial charge in [0, 0.05) is 20.0 Å². The minimum absolute atomic E-state index is 0.0376. The number of nitrogens with one attached hydrogen (secondary N) is 1. The first-order valence-corrected chi connectivity index (χ1v) is 11.2. The number of aromatic nitrogens is 1. The highest BCUT2D eigenvalue weighted by Crippen LogP contribution is 2.24. The Morgan fingerprint density at radius 2 is 2.19 bits per heavy atom. The maximum Gasteiger partial charge on any atom is 0.347 e. The van der Waals surface area contributed by atoms with E-state index in [1.54, 1.807) is 6.08 Å². The number of aliphatic imine (C=N–C) groups is 1. The zero-order chi connectivity index (χ0) is 23.7. The first-order valence-electron chi connectivity index (χ1n) is 10.4. The standard InChI is InChI=1S/C21H30N6O4S/c1-4-8-17-14(5-2)25-19(32-17)18(29)15(9-6-11-24-21(22)23)26-31-20(30)16-10-7-12-27(16)13(3)28/h4-5,8,15-16,26H,2,6-7,9-12H2,1,3H3,(H4,22,23,24)/b8-4-/t15-,16-/m0/s1. The van der Waals surface area contributed by atoms with Gasteiger partial charge in [0.1, 0.15) is 12.1 Å². The van der Waals surface area contributed by atoms with Crippen LogP contribution < -0.4 is 16.9 Å². The van der Waals surface area contributed by atoms with E-state index in [-0.39, 0.29) is 22.7 Å². The third kappa shape index (κ3) is 6.72. The number of rotatable bonds is 11. The number of allylic oxidation sites excluding steroid dienone is 1. The number of carbonyl (C=O) groups excluding carboxylic acids is 3. The SMILES string of the molecule is C=Cc1nc(C(=O)[C@H](CCCN=C(N)N)NOC(=O)[C@@H]2CCCN2C(C)=O)sc1/C=C\C. The predicted molar refractivity (Wildman–Crippen MR) is 125 cm³/mol. The largest absolute Gasteiger partial charge is 0.370 e. The third-order valence-corrected chi connectivity index (χ3v) is 5.95. The number of guanidine groups is 1. The van der Waals surface area contributed by atoms with Crippen LogP contribution in [0.2, 0.25) is 0 Å². The molecule has 2 rings (SSSR count). The highest BCUT2D eigenvalue weighted by Gasteiger charge is 2.35. The molecule has 0 radical (unpaired) electrons. The monoisotopic (exact) mass is 462 g/mol. The Morgan fingerprint density at radius 3 is 2.81 bits per heavy atom. The molecule has 1 aromatic heterocycles. The summed E-state index contributed by atoms with van der Waals surface area (Å²) in [7, 11) is 0. The van der Waals surface area contributed by atoms with Crippen LogP contribution in [0.1, 0.15) is 59.9 Å². The molecule has 1 fully saturated rings. The number of Topliss-reactive ketones (excluding diaryl/α,β-unsaturated/α-hetero) is 1. The molecule has 1 saturated heterocycles. The lowest BCUT2D eigenvalue weighted by Gasteiger charge is -2.23. The van der Waals surface area contributed by atoms with Crippen molar-refractivity contribution in [2.24, 2.45) is 16.5 Å². The number of ketones is 1. The average Bonchev–Trinajstić information content (AvgIpc) is 3.40. The summed E-state index contributed by atoms with van der Waals surface area (Å²) in [4.78, 5) is 53.2. The van der Waals surface area contributed by atoms with Crippen molar-refractivity contribution in [2.45, 2.75) is 51.6 Å². The van der Waals surface area contributed by atoms with E-state index in [1.165, 1.54) is 23.2 Å². The minimum Gasteiger partial charge on any atom is -0.370 e. The number of carbonyl (C=O) groups is 3. The lowest BCUT2D eigenvalue weighted by molar-refractivity contribution is -0.160. The Bertz CT molecular complexity index is 906. The predicted octanol–water partition coefficient (Wildman–Crippen LogP) is 1.48. The lowest BCUT2D eigenvalue weighted by atomic mass is 10.1. The molecular weight excluding hydrogens is 432 g/mol. The van der Waals surface area contributed by atoms with Crippen molar-refractivity contribution in [3.05, 3.63) is 28.2 Å². The molecule has 0 unspecified atom stereocenters. The number of amides is 1. The van der Waals surface area contributed by atoms with Gasteiger partial charge in [0.15, 0.2) is 11.0 Å². The fourth-order valence-electron chi connectivity index (χ4n) is 3.35.